The molecular formula is C60H114O6. The molecule has 6 nitrogen and oxygen atoms in total. The molecule has 390 valence electrons. The van der Waals surface area contributed by atoms with Crippen LogP contribution in [-0.2, 0) is 28.6 Å². The van der Waals surface area contributed by atoms with Crippen molar-refractivity contribution in [3.8, 4) is 0 Å². The van der Waals surface area contributed by atoms with Gasteiger partial charge in [-0.3, -0.25) is 14.4 Å². The molecule has 0 aromatic heterocycles. The Morgan fingerprint density at radius 1 is 0.288 bits per heavy atom. The van der Waals surface area contributed by atoms with E-state index in [4.69, 9.17) is 14.2 Å². The van der Waals surface area contributed by atoms with E-state index in [0.29, 0.717) is 19.3 Å². The van der Waals surface area contributed by atoms with Gasteiger partial charge in [-0.2, -0.15) is 0 Å². The normalized spacial score (nSPS) is 12.0. The molecule has 0 aliphatic carbocycles. The van der Waals surface area contributed by atoms with Crippen molar-refractivity contribution in [3.05, 3.63) is 12.2 Å². The summed E-state index contributed by atoms with van der Waals surface area (Å²) in [5.74, 6) is -0.841. The molecule has 0 N–H and O–H groups in total. The molecule has 6 heteroatoms. The first kappa shape index (κ1) is 64.2. The van der Waals surface area contributed by atoms with Gasteiger partial charge in [-0.15, -0.1) is 0 Å². The number of esters is 3. The van der Waals surface area contributed by atoms with E-state index in [-0.39, 0.29) is 31.1 Å². The molecule has 0 aromatic carbocycles. The number of carbonyl (C=O) groups is 3. The maximum Gasteiger partial charge on any atom is 0.306 e. The minimum Gasteiger partial charge on any atom is -0.462 e. The van der Waals surface area contributed by atoms with Crippen molar-refractivity contribution in [1.82, 2.24) is 0 Å². The second kappa shape index (κ2) is 55.7. The predicted octanol–water partition coefficient (Wildman–Crippen LogP) is 19.7. The molecule has 0 radical (unpaired) electrons. The zero-order chi connectivity index (χ0) is 47.9. The summed E-state index contributed by atoms with van der Waals surface area (Å²) in [7, 11) is 0. The van der Waals surface area contributed by atoms with Gasteiger partial charge in [0.1, 0.15) is 13.2 Å². The Balaban J connectivity index is 4.28. The summed E-state index contributed by atoms with van der Waals surface area (Å²) in [6.07, 6.45) is 63.4. The fourth-order valence-electron chi connectivity index (χ4n) is 9.03. The quantitative estimate of drug-likeness (QED) is 0.0262. The lowest BCUT2D eigenvalue weighted by atomic mass is 10.0. The van der Waals surface area contributed by atoms with Gasteiger partial charge in [0.2, 0.25) is 0 Å². The molecule has 0 aromatic rings. The molecule has 0 rings (SSSR count). The Morgan fingerprint density at radius 3 is 0.758 bits per heavy atom. The van der Waals surface area contributed by atoms with E-state index < -0.39 is 6.10 Å². The third kappa shape index (κ3) is 53.1. The molecule has 0 heterocycles. The molecule has 0 amide bonds. The summed E-state index contributed by atoms with van der Waals surface area (Å²) in [6.45, 7) is 6.69. The number of ether oxygens (including phenoxy) is 3. The molecule has 0 fully saturated rings. The van der Waals surface area contributed by atoms with E-state index in [0.717, 1.165) is 57.8 Å². The lowest BCUT2D eigenvalue weighted by Gasteiger charge is -2.18. The monoisotopic (exact) mass is 931 g/mol. The van der Waals surface area contributed by atoms with Crippen LogP contribution < -0.4 is 0 Å². The number of hydrogen-bond acceptors (Lipinski definition) is 6. The molecule has 0 aliphatic heterocycles. The third-order valence-corrected chi connectivity index (χ3v) is 13.5. The smallest absolute Gasteiger partial charge is 0.306 e. The average Bonchev–Trinajstić information content (AvgIpc) is 3.31. The van der Waals surface area contributed by atoms with Gasteiger partial charge in [0.15, 0.2) is 6.10 Å². The second-order valence-corrected chi connectivity index (χ2v) is 20.3. The van der Waals surface area contributed by atoms with Crippen LogP contribution in [-0.4, -0.2) is 37.2 Å². The summed E-state index contributed by atoms with van der Waals surface area (Å²) < 4.78 is 16.9. The SMILES string of the molecule is CCCCCCCC/C=C\CCCCCCCCCCCC(=O)OCC(COC(=O)CCCCCCCCCCCCCC)OC(=O)CCCCCCCCCCCCCCCCCCC. The Kier molecular flexibility index (Phi) is 54.2. The highest BCUT2D eigenvalue weighted by Gasteiger charge is 2.19. The topological polar surface area (TPSA) is 78.9 Å². The van der Waals surface area contributed by atoms with Crippen LogP contribution in [0.3, 0.4) is 0 Å². The standard InChI is InChI=1S/C60H114O6/c1-4-7-10-13-16-19-22-25-27-29-30-32-33-35-38-41-44-47-50-53-59(62)65-56-57(55-64-58(61)52-49-46-43-40-37-24-21-18-15-12-9-6-3)66-60(63)54-51-48-45-42-39-36-34-31-28-26-23-20-17-14-11-8-5-2/h25,27,57H,4-24,26,28-56H2,1-3H3/b27-25-. The van der Waals surface area contributed by atoms with Crippen molar-refractivity contribution in [1.29, 1.82) is 0 Å². The summed E-state index contributed by atoms with van der Waals surface area (Å²) in [4.78, 5) is 38.1. The van der Waals surface area contributed by atoms with Gasteiger partial charge in [0.25, 0.3) is 0 Å². The number of unbranched alkanes of at least 4 members (excludes halogenated alkanes) is 42. The van der Waals surface area contributed by atoms with Gasteiger partial charge < -0.3 is 14.2 Å². The number of carbonyl (C=O) groups excluding carboxylic acids is 3. The Bertz CT molecular complexity index is 1020. The number of allylic oxidation sites excluding steroid dienone is 2. The molecule has 0 spiro atoms. The van der Waals surface area contributed by atoms with E-state index in [2.05, 4.69) is 32.9 Å². The fraction of sp³-hybridized carbons (Fsp3) is 0.917. The van der Waals surface area contributed by atoms with Gasteiger partial charge in [0.05, 0.1) is 0 Å². The lowest BCUT2D eigenvalue weighted by molar-refractivity contribution is -0.167. The highest BCUT2D eigenvalue weighted by Crippen LogP contribution is 2.17. The molecule has 1 unspecified atom stereocenters. The van der Waals surface area contributed by atoms with Crippen LogP contribution >= 0.6 is 0 Å². The summed E-state index contributed by atoms with van der Waals surface area (Å²) in [6, 6.07) is 0. The van der Waals surface area contributed by atoms with Crippen molar-refractivity contribution in [3.63, 3.8) is 0 Å². The summed E-state index contributed by atoms with van der Waals surface area (Å²) in [5.41, 5.74) is 0. The lowest BCUT2D eigenvalue weighted by Crippen LogP contribution is -2.30. The predicted molar refractivity (Wildman–Crippen MR) is 284 cm³/mol. The van der Waals surface area contributed by atoms with Gasteiger partial charge in [0, 0.05) is 19.3 Å². The van der Waals surface area contributed by atoms with Crippen LogP contribution in [0, 0.1) is 0 Å². The minimum atomic E-state index is -0.765. The van der Waals surface area contributed by atoms with Crippen molar-refractivity contribution in [2.75, 3.05) is 13.2 Å². The molecule has 1 atom stereocenters. The van der Waals surface area contributed by atoms with Crippen molar-refractivity contribution in [2.24, 2.45) is 0 Å². The van der Waals surface area contributed by atoms with E-state index in [1.54, 1.807) is 0 Å². The molecular weight excluding hydrogens is 817 g/mol. The van der Waals surface area contributed by atoms with Crippen LogP contribution in [0.2, 0.25) is 0 Å². The molecule has 0 bridgehead atoms. The summed E-state index contributed by atoms with van der Waals surface area (Å²) in [5, 5.41) is 0. The average molecular weight is 932 g/mol. The zero-order valence-electron chi connectivity index (χ0n) is 44.7. The van der Waals surface area contributed by atoms with E-state index in [1.807, 2.05) is 0 Å². The van der Waals surface area contributed by atoms with E-state index >= 15 is 0 Å². The molecule has 0 saturated heterocycles. The number of hydrogen-bond donors (Lipinski definition) is 0. The van der Waals surface area contributed by atoms with Crippen LogP contribution in [0.1, 0.15) is 335 Å². The van der Waals surface area contributed by atoms with Crippen LogP contribution in [0.4, 0.5) is 0 Å². The fourth-order valence-corrected chi connectivity index (χ4v) is 9.03. The zero-order valence-corrected chi connectivity index (χ0v) is 44.7. The largest absolute Gasteiger partial charge is 0.462 e. The number of rotatable bonds is 55. The molecule has 0 saturated carbocycles. The molecule has 0 aliphatic rings. The first-order valence-electron chi connectivity index (χ1n) is 29.7. The van der Waals surface area contributed by atoms with Crippen molar-refractivity contribution >= 4 is 17.9 Å². The Labute approximate surface area is 411 Å². The van der Waals surface area contributed by atoms with Gasteiger partial charge in [-0.05, 0) is 44.9 Å². The minimum absolute atomic E-state index is 0.0644. The maximum absolute atomic E-state index is 12.9. The molecule has 66 heavy (non-hydrogen) atoms. The second-order valence-electron chi connectivity index (χ2n) is 20.3. The highest BCUT2D eigenvalue weighted by atomic mass is 16.6. The maximum atomic E-state index is 12.9. The first-order chi connectivity index (χ1) is 32.5. The third-order valence-electron chi connectivity index (χ3n) is 13.5. The Hall–Kier alpha value is -1.85. The summed E-state index contributed by atoms with van der Waals surface area (Å²) >= 11 is 0. The van der Waals surface area contributed by atoms with Gasteiger partial charge in [-0.25, -0.2) is 0 Å². The van der Waals surface area contributed by atoms with Crippen LogP contribution in [0.5, 0.6) is 0 Å². The Morgan fingerprint density at radius 2 is 0.500 bits per heavy atom. The van der Waals surface area contributed by atoms with Crippen molar-refractivity contribution < 1.29 is 28.6 Å². The van der Waals surface area contributed by atoms with E-state index in [9.17, 15) is 14.4 Å². The van der Waals surface area contributed by atoms with Crippen molar-refractivity contribution in [2.45, 2.75) is 341 Å². The van der Waals surface area contributed by atoms with E-state index in [1.165, 1.54) is 238 Å². The van der Waals surface area contributed by atoms with Gasteiger partial charge in [-0.1, -0.05) is 283 Å². The van der Waals surface area contributed by atoms with Gasteiger partial charge >= 0.3 is 17.9 Å². The highest BCUT2D eigenvalue weighted by molar-refractivity contribution is 5.71. The van der Waals surface area contributed by atoms with Crippen LogP contribution in [0.25, 0.3) is 0 Å². The van der Waals surface area contributed by atoms with Crippen LogP contribution in [0.15, 0.2) is 12.2 Å². The first-order valence-corrected chi connectivity index (χ1v) is 29.7.